The van der Waals surface area contributed by atoms with Crippen molar-refractivity contribution in [2.75, 3.05) is 5.75 Å². The second-order valence-electron chi connectivity index (χ2n) is 7.30. The summed E-state index contributed by atoms with van der Waals surface area (Å²) in [4.78, 5) is 19.9. The normalized spacial score (nSPS) is 22.1. The molecule has 1 aromatic heterocycles. The number of aromatic amines is 1. The molecule has 0 bridgehead atoms. The third-order valence-electron chi connectivity index (χ3n) is 4.69. The Morgan fingerprint density at radius 2 is 1.79 bits per heavy atom. The monoisotopic (exact) mass is 394 g/mol. The predicted molar refractivity (Wildman–Crippen MR) is 110 cm³/mol. The van der Waals surface area contributed by atoms with Crippen LogP contribution in [0.3, 0.4) is 0 Å². The fourth-order valence-corrected chi connectivity index (χ4v) is 4.31. The molecule has 28 heavy (non-hydrogen) atoms. The fraction of sp³-hybridized carbons (Fsp3) is 0.273. The highest BCUT2D eigenvalue weighted by molar-refractivity contribution is 7.99. The Hall–Kier alpha value is -2.57. The van der Waals surface area contributed by atoms with Crippen LogP contribution in [0.25, 0.3) is 22.5 Å². The van der Waals surface area contributed by atoms with Crippen LogP contribution in [0.2, 0.25) is 0 Å². The van der Waals surface area contributed by atoms with Gasteiger partial charge in [0.25, 0.3) is 0 Å². The van der Waals surface area contributed by atoms with E-state index in [2.05, 4.69) is 17.1 Å². The van der Waals surface area contributed by atoms with Gasteiger partial charge in [-0.05, 0) is 6.92 Å². The minimum Gasteiger partial charge on any atom is -0.461 e. The van der Waals surface area contributed by atoms with Crippen LogP contribution < -0.4 is 0 Å². The standard InChI is InChI=1S/C22H22N2O3S/c1-22(26)12-17(27-18(25)13-22)14-28-21-23-19(15-8-4-2-5-9-15)20(24-21)16-10-6-3-7-11-16/h2-11,17,26H,12-14H2,1H3,(H,23,24)/t17?,22-/m1/s1. The van der Waals surface area contributed by atoms with Gasteiger partial charge in [0, 0.05) is 23.3 Å². The van der Waals surface area contributed by atoms with Crippen LogP contribution in [-0.2, 0) is 9.53 Å². The minimum absolute atomic E-state index is 0.0469. The summed E-state index contributed by atoms with van der Waals surface area (Å²) in [5.74, 6) is 0.189. The average Bonchev–Trinajstić information content (AvgIpc) is 3.11. The van der Waals surface area contributed by atoms with Crippen LogP contribution in [0.1, 0.15) is 19.8 Å². The highest BCUT2D eigenvalue weighted by atomic mass is 32.2. The van der Waals surface area contributed by atoms with Crippen molar-refractivity contribution in [2.24, 2.45) is 0 Å². The number of nitrogens with zero attached hydrogens (tertiary/aromatic N) is 1. The molecule has 2 atom stereocenters. The Bertz CT molecular complexity index is 897. The number of thioether (sulfide) groups is 1. The molecular weight excluding hydrogens is 372 g/mol. The van der Waals surface area contributed by atoms with Crippen LogP contribution in [0.5, 0.6) is 0 Å². The lowest BCUT2D eigenvalue weighted by Crippen LogP contribution is -2.41. The first-order valence-corrected chi connectivity index (χ1v) is 10.2. The quantitative estimate of drug-likeness (QED) is 0.499. The Morgan fingerprint density at radius 1 is 1.14 bits per heavy atom. The van der Waals surface area contributed by atoms with Crippen LogP contribution in [0.15, 0.2) is 65.8 Å². The highest BCUT2D eigenvalue weighted by Crippen LogP contribution is 2.34. The van der Waals surface area contributed by atoms with Gasteiger partial charge >= 0.3 is 5.97 Å². The fourth-order valence-electron chi connectivity index (χ4n) is 3.45. The molecule has 1 unspecified atom stereocenters. The Balaban J connectivity index is 1.58. The zero-order valence-corrected chi connectivity index (χ0v) is 16.4. The summed E-state index contributed by atoms with van der Waals surface area (Å²) >= 11 is 1.50. The number of hydrogen-bond donors (Lipinski definition) is 2. The lowest BCUT2D eigenvalue weighted by molar-refractivity contribution is -0.165. The van der Waals surface area contributed by atoms with E-state index in [0.717, 1.165) is 27.7 Å². The van der Waals surface area contributed by atoms with Gasteiger partial charge in [-0.3, -0.25) is 4.79 Å². The van der Waals surface area contributed by atoms with Gasteiger partial charge in [0.1, 0.15) is 6.10 Å². The molecule has 1 fully saturated rings. The number of carbonyl (C=O) groups is 1. The molecule has 4 rings (SSSR count). The smallest absolute Gasteiger partial charge is 0.309 e. The third-order valence-corrected chi connectivity index (χ3v) is 5.69. The number of aliphatic hydroxyl groups is 1. The van der Waals surface area contributed by atoms with Crippen LogP contribution in [-0.4, -0.2) is 38.5 Å². The van der Waals surface area contributed by atoms with Crippen molar-refractivity contribution in [3.8, 4) is 22.5 Å². The van der Waals surface area contributed by atoms with E-state index in [-0.39, 0.29) is 18.5 Å². The maximum atomic E-state index is 11.7. The number of nitrogens with one attached hydrogen (secondary N) is 1. The number of ether oxygens (including phenoxy) is 1. The van der Waals surface area contributed by atoms with E-state index in [1.807, 2.05) is 48.5 Å². The summed E-state index contributed by atoms with van der Waals surface area (Å²) in [6.45, 7) is 1.68. The van der Waals surface area contributed by atoms with Crippen molar-refractivity contribution in [2.45, 2.75) is 36.6 Å². The van der Waals surface area contributed by atoms with Gasteiger partial charge in [-0.25, -0.2) is 4.98 Å². The van der Waals surface area contributed by atoms with Crippen molar-refractivity contribution in [3.63, 3.8) is 0 Å². The SMILES string of the molecule is C[C@]1(O)CC(=O)OC(CSc2nc(-c3ccccc3)c(-c3ccccc3)[nH]2)C1. The molecule has 0 radical (unpaired) electrons. The van der Waals surface area contributed by atoms with E-state index in [1.54, 1.807) is 6.92 Å². The summed E-state index contributed by atoms with van der Waals surface area (Å²) < 4.78 is 5.39. The first-order valence-electron chi connectivity index (χ1n) is 9.26. The number of imidazole rings is 1. The Kier molecular flexibility index (Phi) is 5.24. The number of cyclic esters (lactones) is 1. The third kappa shape index (κ3) is 4.29. The zero-order valence-electron chi connectivity index (χ0n) is 15.6. The molecule has 1 aliphatic heterocycles. The van der Waals surface area contributed by atoms with Gasteiger partial charge in [0.2, 0.25) is 0 Å². The summed E-state index contributed by atoms with van der Waals surface area (Å²) in [6.07, 6.45) is 0.154. The van der Waals surface area contributed by atoms with Crippen molar-refractivity contribution in [1.29, 1.82) is 0 Å². The van der Waals surface area contributed by atoms with Crippen molar-refractivity contribution >= 4 is 17.7 Å². The Labute approximate surface area is 168 Å². The maximum absolute atomic E-state index is 11.7. The van der Waals surface area contributed by atoms with Gasteiger partial charge in [-0.15, -0.1) is 0 Å². The number of aromatic nitrogens is 2. The van der Waals surface area contributed by atoms with E-state index >= 15 is 0 Å². The van der Waals surface area contributed by atoms with E-state index in [4.69, 9.17) is 9.72 Å². The number of rotatable bonds is 5. The molecule has 0 aliphatic carbocycles. The summed E-state index contributed by atoms with van der Waals surface area (Å²) in [6, 6.07) is 20.1. The lowest BCUT2D eigenvalue weighted by atomic mass is 9.93. The van der Waals surface area contributed by atoms with Crippen LogP contribution >= 0.6 is 11.8 Å². The molecule has 3 aromatic rings. The highest BCUT2D eigenvalue weighted by Gasteiger charge is 2.36. The molecule has 5 nitrogen and oxygen atoms in total. The number of hydrogen-bond acceptors (Lipinski definition) is 5. The molecule has 0 amide bonds. The van der Waals surface area contributed by atoms with E-state index in [9.17, 15) is 9.90 Å². The van der Waals surface area contributed by atoms with Gasteiger partial charge in [-0.2, -0.15) is 0 Å². The van der Waals surface area contributed by atoms with Crippen molar-refractivity contribution < 1.29 is 14.6 Å². The molecule has 2 heterocycles. The van der Waals surface area contributed by atoms with Gasteiger partial charge in [-0.1, -0.05) is 72.4 Å². The average molecular weight is 394 g/mol. The van der Waals surface area contributed by atoms with Gasteiger partial charge < -0.3 is 14.8 Å². The number of carbonyl (C=O) groups excluding carboxylic acids is 1. The summed E-state index contributed by atoms with van der Waals surface area (Å²) in [5.41, 5.74) is 2.95. The van der Waals surface area contributed by atoms with Gasteiger partial charge in [0.05, 0.1) is 23.4 Å². The minimum atomic E-state index is -1.01. The van der Waals surface area contributed by atoms with Crippen LogP contribution in [0.4, 0.5) is 0 Å². The van der Waals surface area contributed by atoms with Crippen molar-refractivity contribution in [3.05, 3.63) is 60.7 Å². The molecule has 144 valence electrons. The molecule has 1 aliphatic rings. The van der Waals surface area contributed by atoms with E-state index in [0.29, 0.717) is 12.2 Å². The second-order valence-corrected chi connectivity index (χ2v) is 8.31. The molecule has 2 N–H and O–H groups in total. The van der Waals surface area contributed by atoms with Crippen LogP contribution in [0, 0.1) is 0 Å². The molecule has 0 saturated carbocycles. The topological polar surface area (TPSA) is 75.2 Å². The summed E-state index contributed by atoms with van der Waals surface area (Å²) in [5, 5.41) is 11.0. The van der Waals surface area contributed by atoms with Gasteiger partial charge in [0.15, 0.2) is 5.16 Å². The van der Waals surface area contributed by atoms with Crippen molar-refractivity contribution in [1.82, 2.24) is 9.97 Å². The molecule has 1 saturated heterocycles. The van der Waals surface area contributed by atoms with E-state index < -0.39 is 5.60 Å². The number of esters is 1. The Morgan fingerprint density at radius 3 is 2.43 bits per heavy atom. The predicted octanol–water partition coefficient (Wildman–Crippen LogP) is 4.29. The molecule has 2 aromatic carbocycles. The van der Waals surface area contributed by atoms with E-state index in [1.165, 1.54) is 11.8 Å². The molecular formula is C22H22N2O3S. The second kappa shape index (κ2) is 7.81. The first kappa shape index (κ1) is 18.8. The maximum Gasteiger partial charge on any atom is 0.309 e. The number of H-pyrrole nitrogens is 1. The largest absolute Gasteiger partial charge is 0.461 e. The molecule has 6 heteroatoms. The summed E-state index contributed by atoms with van der Waals surface area (Å²) in [7, 11) is 0. The number of benzene rings is 2. The lowest BCUT2D eigenvalue weighted by Gasteiger charge is -2.32. The first-order chi connectivity index (χ1) is 13.5. The molecule has 0 spiro atoms. The zero-order chi connectivity index (χ0) is 19.6.